The summed E-state index contributed by atoms with van der Waals surface area (Å²) in [4.78, 5) is 4.43. The fourth-order valence-corrected chi connectivity index (χ4v) is 3.97. The number of hydrogen-bond donors (Lipinski definition) is 1. The highest BCUT2D eigenvalue weighted by Gasteiger charge is 2.26. The van der Waals surface area contributed by atoms with Crippen molar-refractivity contribution in [1.82, 2.24) is 29.4 Å². The lowest BCUT2D eigenvalue weighted by molar-refractivity contribution is 0.166. The highest BCUT2D eigenvalue weighted by atomic mass is 16.5. The van der Waals surface area contributed by atoms with Gasteiger partial charge in [0.2, 0.25) is 5.88 Å². The number of nitrogens with zero attached hydrogens (tertiary/aromatic N) is 6. The first-order chi connectivity index (χ1) is 16.2. The molecule has 6 rings (SSSR count). The number of benzene rings is 1. The predicted octanol–water partition coefficient (Wildman–Crippen LogP) is 4.17. The maximum atomic E-state index is 6.20. The topological polar surface area (TPSA) is 91.4 Å². The van der Waals surface area contributed by atoms with Crippen LogP contribution in [0.15, 0.2) is 73.1 Å². The van der Waals surface area contributed by atoms with Crippen molar-refractivity contribution in [3.8, 4) is 22.8 Å². The lowest BCUT2D eigenvalue weighted by atomic mass is 10.1. The molecule has 0 spiro atoms. The van der Waals surface area contributed by atoms with Crippen LogP contribution < -0.4 is 14.8 Å². The number of pyridine rings is 2. The van der Waals surface area contributed by atoms with Crippen molar-refractivity contribution in [3.63, 3.8) is 0 Å². The van der Waals surface area contributed by atoms with Gasteiger partial charge in [-0.05, 0) is 41.5 Å². The van der Waals surface area contributed by atoms with Crippen LogP contribution in [0.5, 0.6) is 11.6 Å². The number of nitrogens with one attached hydrogen (secondary N) is 1. The van der Waals surface area contributed by atoms with E-state index in [9.17, 15) is 0 Å². The minimum absolute atomic E-state index is 0.245. The Labute approximate surface area is 189 Å². The Morgan fingerprint density at radius 1 is 1.00 bits per heavy atom. The fraction of sp³-hybridized carbons (Fsp3) is 0.167. The Kier molecular flexibility index (Phi) is 4.64. The molecule has 4 aromatic heterocycles. The van der Waals surface area contributed by atoms with E-state index in [1.54, 1.807) is 17.1 Å². The molecule has 0 unspecified atom stereocenters. The molecule has 0 bridgehead atoms. The van der Waals surface area contributed by atoms with Crippen LogP contribution in [-0.4, -0.2) is 36.0 Å². The van der Waals surface area contributed by atoms with Crippen molar-refractivity contribution >= 4 is 17.3 Å². The SMILES string of the molecule is Cn1nccc1Nc1cc(-c2cc3n4c(nnc4c2)[C@@H](Oc2ccccc2)CCO3)ccn1. The molecule has 1 aromatic carbocycles. The third kappa shape index (κ3) is 3.63. The number of anilines is 2. The summed E-state index contributed by atoms with van der Waals surface area (Å²) >= 11 is 0. The number of aryl methyl sites for hydroxylation is 1. The molecule has 1 atom stereocenters. The monoisotopic (exact) mass is 439 g/mol. The summed E-state index contributed by atoms with van der Waals surface area (Å²) in [6.07, 6.45) is 3.94. The van der Waals surface area contributed by atoms with E-state index in [0.717, 1.165) is 34.3 Å². The van der Waals surface area contributed by atoms with Crippen LogP contribution in [0, 0.1) is 0 Å². The molecule has 1 aliphatic heterocycles. The number of hydrogen-bond acceptors (Lipinski definition) is 7. The summed E-state index contributed by atoms with van der Waals surface area (Å²) in [5.74, 6) is 3.81. The van der Waals surface area contributed by atoms with E-state index in [1.165, 1.54) is 0 Å². The van der Waals surface area contributed by atoms with Crippen LogP contribution in [-0.2, 0) is 7.05 Å². The molecule has 9 nitrogen and oxygen atoms in total. The minimum Gasteiger partial charge on any atom is -0.482 e. The lowest BCUT2D eigenvalue weighted by Gasteiger charge is -2.15. The molecular formula is C24H21N7O2. The van der Waals surface area contributed by atoms with Crippen molar-refractivity contribution in [2.24, 2.45) is 7.05 Å². The number of ether oxygens (including phenoxy) is 2. The summed E-state index contributed by atoms with van der Waals surface area (Å²) in [6.45, 7) is 0.517. The number of para-hydroxylation sites is 1. The van der Waals surface area contributed by atoms with Gasteiger partial charge in [-0.3, -0.25) is 4.68 Å². The van der Waals surface area contributed by atoms with Gasteiger partial charge < -0.3 is 14.8 Å². The second-order valence-corrected chi connectivity index (χ2v) is 7.79. The molecule has 33 heavy (non-hydrogen) atoms. The average molecular weight is 439 g/mol. The summed E-state index contributed by atoms with van der Waals surface area (Å²) in [5, 5.41) is 16.3. The van der Waals surface area contributed by atoms with E-state index in [-0.39, 0.29) is 6.10 Å². The highest BCUT2D eigenvalue weighted by Crippen LogP contribution is 2.33. The fourth-order valence-electron chi connectivity index (χ4n) is 3.97. The van der Waals surface area contributed by atoms with Gasteiger partial charge >= 0.3 is 0 Å². The van der Waals surface area contributed by atoms with Gasteiger partial charge in [0.1, 0.15) is 17.4 Å². The van der Waals surface area contributed by atoms with Crippen molar-refractivity contribution in [2.45, 2.75) is 12.5 Å². The first kappa shape index (κ1) is 19.3. The summed E-state index contributed by atoms with van der Waals surface area (Å²) in [5.41, 5.74) is 2.66. The van der Waals surface area contributed by atoms with E-state index in [4.69, 9.17) is 9.47 Å². The molecule has 0 radical (unpaired) electrons. The van der Waals surface area contributed by atoms with Gasteiger partial charge in [0.15, 0.2) is 17.6 Å². The molecule has 0 fully saturated rings. The summed E-state index contributed by atoms with van der Waals surface area (Å²) < 4.78 is 16.0. The average Bonchev–Trinajstić information content (AvgIpc) is 3.40. The molecule has 1 aliphatic rings. The molecule has 164 valence electrons. The molecule has 0 amide bonds. The Hall–Kier alpha value is -4.40. The first-order valence-corrected chi connectivity index (χ1v) is 10.7. The maximum absolute atomic E-state index is 6.20. The second-order valence-electron chi connectivity index (χ2n) is 7.79. The Morgan fingerprint density at radius 2 is 1.91 bits per heavy atom. The standard InChI is InChI=1S/C24H21N7O2/c1-30-21(8-11-26-30)27-20-13-16(7-10-25-20)17-14-22-28-29-24-19(33-18-5-3-2-4-6-18)9-12-32-23(15-17)31(22)24/h2-8,10-11,13-15,19H,9,12H2,1H3,(H,25,27)/t19-/m0/s1. The summed E-state index contributed by atoms with van der Waals surface area (Å²) in [7, 11) is 1.88. The van der Waals surface area contributed by atoms with Crippen LogP contribution in [0.3, 0.4) is 0 Å². The van der Waals surface area contributed by atoms with Crippen molar-refractivity contribution in [1.29, 1.82) is 0 Å². The maximum Gasteiger partial charge on any atom is 0.201 e. The largest absolute Gasteiger partial charge is 0.482 e. The lowest BCUT2D eigenvalue weighted by Crippen LogP contribution is -2.11. The zero-order valence-electron chi connectivity index (χ0n) is 17.9. The van der Waals surface area contributed by atoms with Gasteiger partial charge in [-0.1, -0.05) is 18.2 Å². The second kappa shape index (κ2) is 7.94. The van der Waals surface area contributed by atoms with Crippen LogP contribution in [0.4, 0.5) is 11.6 Å². The van der Waals surface area contributed by atoms with Crippen molar-refractivity contribution in [2.75, 3.05) is 11.9 Å². The Bertz CT molecular complexity index is 1430. The van der Waals surface area contributed by atoms with Gasteiger partial charge in [0.05, 0.1) is 12.8 Å². The van der Waals surface area contributed by atoms with E-state index >= 15 is 0 Å². The van der Waals surface area contributed by atoms with Gasteiger partial charge in [-0.25, -0.2) is 9.38 Å². The van der Waals surface area contributed by atoms with Gasteiger partial charge in [-0.15, -0.1) is 10.2 Å². The zero-order chi connectivity index (χ0) is 22.2. The van der Waals surface area contributed by atoms with E-state index < -0.39 is 0 Å². The molecule has 5 heterocycles. The zero-order valence-corrected chi connectivity index (χ0v) is 17.9. The van der Waals surface area contributed by atoms with Gasteiger partial charge in [0, 0.05) is 31.8 Å². The van der Waals surface area contributed by atoms with Crippen molar-refractivity contribution in [3.05, 3.63) is 78.9 Å². The van der Waals surface area contributed by atoms with Crippen LogP contribution >= 0.6 is 0 Å². The van der Waals surface area contributed by atoms with Crippen LogP contribution in [0.25, 0.3) is 16.8 Å². The molecule has 9 heteroatoms. The van der Waals surface area contributed by atoms with E-state index in [2.05, 4.69) is 25.6 Å². The highest BCUT2D eigenvalue weighted by molar-refractivity contribution is 5.72. The first-order valence-electron chi connectivity index (χ1n) is 10.7. The van der Waals surface area contributed by atoms with Gasteiger partial charge in [-0.2, -0.15) is 5.10 Å². The van der Waals surface area contributed by atoms with Crippen LogP contribution in [0.1, 0.15) is 18.3 Å². The third-order valence-electron chi connectivity index (χ3n) is 5.61. The molecular weight excluding hydrogens is 418 g/mol. The van der Waals surface area contributed by atoms with E-state index in [0.29, 0.717) is 24.6 Å². The molecule has 0 saturated carbocycles. The van der Waals surface area contributed by atoms with Gasteiger partial charge in [0.25, 0.3) is 0 Å². The van der Waals surface area contributed by atoms with Crippen molar-refractivity contribution < 1.29 is 9.47 Å². The van der Waals surface area contributed by atoms with E-state index in [1.807, 2.05) is 72.1 Å². The minimum atomic E-state index is -0.245. The Balaban J connectivity index is 1.35. The quantitative estimate of drug-likeness (QED) is 0.439. The molecule has 1 N–H and O–H groups in total. The molecule has 0 aliphatic carbocycles. The number of aromatic nitrogens is 6. The third-order valence-corrected chi connectivity index (χ3v) is 5.61. The summed E-state index contributed by atoms with van der Waals surface area (Å²) in [6, 6.07) is 19.6. The normalized spacial score (nSPS) is 15.1. The molecule has 5 aromatic rings. The predicted molar refractivity (Wildman–Crippen MR) is 123 cm³/mol. The Morgan fingerprint density at radius 3 is 2.76 bits per heavy atom. The molecule has 0 saturated heterocycles. The smallest absolute Gasteiger partial charge is 0.201 e. The number of rotatable bonds is 5. The van der Waals surface area contributed by atoms with Crippen LogP contribution in [0.2, 0.25) is 0 Å².